The molecule has 3 aromatic rings. The maximum atomic E-state index is 4.60. The fraction of sp³-hybridized carbons (Fsp3) is 0.278. The van der Waals surface area contributed by atoms with Crippen molar-refractivity contribution in [2.24, 2.45) is 0 Å². The van der Waals surface area contributed by atoms with Gasteiger partial charge in [0.2, 0.25) is 0 Å². The third-order valence-electron chi connectivity index (χ3n) is 3.65. The second kappa shape index (κ2) is 6.37. The van der Waals surface area contributed by atoms with E-state index in [4.69, 9.17) is 0 Å². The van der Waals surface area contributed by atoms with E-state index in [1.807, 2.05) is 6.20 Å². The zero-order valence-electron chi connectivity index (χ0n) is 12.5. The minimum absolute atomic E-state index is 0.372. The fourth-order valence-electron chi connectivity index (χ4n) is 2.40. The maximum Gasteiger partial charge on any atom is 0.123 e. The van der Waals surface area contributed by atoms with Crippen molar-refractivity contribution in [1.82, 2.24) is 10.3 Å². The van der Waals surface area contributed by atoms with Crippen LogP contribution in [0.3, 0.4) is 0 Å². The molecule has 0 saturated heterocycles. The first-order valence-electron chi connectivity index (χ1n) is 7.46. The van der Waals surface area contributed by atoms with E-state index in [2.05, 4.69) is 66.6 Å². The second-order valence-electron chi connectivity index (χ2n) is 5.31. The molecule has 0 bridgehead atoms. The van der Waals surface area contributed by atoms with E-state index < -0.39 is 0 Å². The van der Waals surface area contributed by atoms with Crippen molar-refractivity contribution < 1.29 is 0 Å². The molecule has 108 valence electrons. The standard InChI is InChI=1S/C18H20N2S/c1-3-10-19-13(2)17-12-20-18(21-17)16-9-8-14-6-4-5-7-15(14)11-16/h4-9,11-13,19H,3,10H2,1-2H3. The van der Waals surface area contributed by atoms with Gasteiger partial charge in [0.1, 0.15) is 5.01 Å². The average molecular weight is 296 g/mol. The van der Waals surface area contributed by atoms with Crippen LogP contribution < -0.4 is 5.32 Å². The molecule has 2 aromatic carbocycles. The smallest absolute Gasteiger partial charge is 0.123 e. The second-order valence-corrected chi connectivity index (χ2v) is 6.37. The molecule has 3 heteroatoms. The molecule has 21 heavy (non-hydrogen) atoms. The topological polar surface area (TPSA) is 24.9 Å². The lowest BCUT2D eigenvalue weighted by Crippen LogP contribution is -2.18. The summed E-state index contributed by atoms with van der Waals surface area (Å²) in [5, 5.41) is 7.15. The lowest BCUT2D eigenvalue weighted by atomic mass is 10.1. The number of fused-ring (bicyclic) bond motifs is 1. The average Bonchev–Trinajstić information content (AvgIpc) is 3.02. The number of benzene rings is 2. The van der Waals surface area contributed by atoms with Gasteiger partial charge >= 0.3 is 0 Å². The molecule has 2 nitrogen and oxygen atoms in total. The Morgan fingerprint density at radius 3 is 2.76 bits per heavy atom. The zero-order chi connectivity index (χ0) is 14.7. The van der Waals surface area contributed by atoms with Gasteiger partial charge in [-0.25, -0.2) is 4.98 Å². The number of hydrogen-bond donors (Lipinski definition) is 1. The highest BCUT2D eigenvalue weighted by molar-refractivity contribution is 7.15. The van der Waals surface area contributed by atoms with Crippen molar-refractivity contribution in [1.29, 1.82) is 0 Å². The lowest BCUT2D eigenvalue weighted by molar-refractivity contribution is 0.577. The lowest BCUT2D eigenvalue weighted by Gasteiger charge is -2.09. The van der Waals surface area contributed by atoms with Gasteiger partial charge < -0.3 is 5.32 Å². The van der Waals surface area contributed by atoms with Crippen molar-refractivity contribution in [3.8, 4) is 10.6 Å². The first-order valence-corrected chi connectivity index (χ1v) is 8.28. The van der Waals surface area contributed by atoms with Crippen LogP contribution in [0.15, 0.2) is 48.7 Å². The molecule has 0 fully saturated rings. The van der Waals surface area contributed by atoms with Gasteiger partial charge in [-0.3, -0.25) is 0 Å². The molecular weight excluding hydrogens is 276 g/mol. The Bertz CT molecular complexity index is 733. The zero-order valence-corrected chi connectivity index (χ0v) is 13.3. The highest BCUT2D eigenvalue weighted by Crippen LogP contribution is 2.30. The molecule has 1 aromatic heterocycles. The number of nitrogens with zero attached hydrogens (tertiary/aromatic N) is 1. The van der Waals surface area contributed by atoms with Crippen LogP contribution in [0.2, 0.25) is 0 Å². The van der Waals surface area contributed by atoms with Gasteiger partial charge in [-0.2, -0.15) is 0 Å². The number of nitrogens with one attached hydrogen (secondary N) is 1. The van der Waals surface area contributed by atoms with Gasteiger partial charge in [-0.1, -0.05) is 43.3 Å². The van der Waals surface area contributed by atoms with E-state index in [0.717, 1.165) is 18.0 Å². The Labute approximate surface area is 129 Å². The van der Waals surface area contributed by atoms with Crippen molar-refractivity contribution >= 4 is 22.1 Å². The summed E-state index contributed by atoms with van der Waals surface area (Å²) >= 11 is 1.78. The van der Waals surface area contributed by atoms with E-state index in [1.165, 1.54) is 21.2 Å². The predicted octanol–water partition coefficient (Wildman–Crippen LogP) is 5.02. The molecule has 0 aliphatic rings. The predicted molar refractivity (Wildman–Crippen MR) is 91.8 cm³/mol. The number of rotatable bonds is 5. The Morgan fingerprint density at radius 1 is 1.14 bits per heavy atom. The van der Waals surface area contributed by atoms with Crippen LogP contribution in [-0.2, 0) is 0 Å². The summed E-state index contributed by atoms with van der Waals surface area (Å²) in [5.41, 5.74) is 1.20. The van der Waals surface area contributed by atoms with E-state index in [-0.39, 0.29) is 0 Å². The number of thiazole rings is 1. The molecule has 3 rings (SSSR count). The van der Waals surface area contributed by atoms with Gasteiger partial charge in [0, 0.05) is 22.7 Å². The van der Waals surface area contributed by atoms with Crippen LogP contribution in [0, 0.1) is 0 Å². The minimum atomic E-state index is 0.372. The van der Waals surface area contributed by atoms with Crippen LogP contribution in [0.25, 0.3) is 21.3 Å². The van der Waals surface area contributed by atoms with Gasteiger partial charge in [0.15, 0.2) is 0 Å². The van der Waals surface area contributed by atoms with Crippen LogP contribution in [-0.4, -0.2) is 11.5 Å². The summed E-state index contributed by atoms with van der Waals surface area (Å²) < 4.78 is 0. The van der Waals surface area contributed by atoms with Gasteiger partial charge in [0.25, 0.3) is 0 Å². The Morgan fingerprint density at radius 2 is 1.95 bits per heavy atom. The molecule has 1 N–H and O–H groups in total. The quantitative estimate of drug-likeness (QED) is 0.714. The molecule has 0 aliphatic heterocycles. The van der Waals surface area contributed by atoms with E-state index in [9.17, 15) is 0 Å². The molecule has 1 atom stereocenters. The van der Waals surface area contributed by atoms with Crippen LogP contribution >= 0.6 is 11.3 Å². The van der Waals surface area contributed by atoms with Gasteiger partial charge in [-0.15, -0.1) is 11.3 Å². The monoisotopic (exact) mass is 296 g/mol. The van der Waals surface area contributed by atoms with Crippen LogP contribution in [0.1, 0.15) is 31.2 Å². The fourth-order valence-corrected chi connectivity index (χ4v) is 3.34. The number of aromatic nitrogens is 1. The van der Waals surface area contributed by atoms with E-state index in [0.29, 0.717) is 6.04 Å². The summed E-state index contributed by atoms with van der Waals surface area (Å²) in [7, 11) is 0. The SMILES string of the molecule is CCCNC(C)c1cnc(-c2ccc3ccccc3c2)s1. The molecule has 0 saturated carbocycles. The summed E-state index contributed by atoms with van der Waals surface area (Å²) in [6, 6.07) is 15.4. The van der Waals surface area contributed by atoms with Crippen molar-refractivity contribution in [2.45, 2.75) is 26.3 Å². The molecular formula is C18H20N2S. The van der Waals surface area contributed by atoms with Gasteiger partial charge in [0.05, 0.1) is 0 Å². The summed E-state index contributed by atoms with van der Waals surface area (Å²) in [5.74, 6) is 0. The molecule has 0 aliphatic carbocycles. The first-order chi connectivity index (χ1) is 10.3. The maximum absolute atomic E-state index is 4.60. The highest BCUT2D eigenvalue weighted by Gasteiger charge is 2.10. The normalized spacial score (nSPS) is 12.7. The molecule has 0 spiro atoms. The first kappa shape index (κ1) is 14.2. The van der Waals surface area contributed by atoms with Crippen LogP contribution in [0.4, 0.5) is 0 Å². The Hall–Kier alpha value is -1.71. The summed E-state index contributed by atoms with van der Waals surface area (Å²) in [4.78, 5) is 5.90. The van der Waals surface area contributed by atoms with E-state index in [1.54, 1.807) is 11.3 Å². The Balaban J connectivity index is 1.87. The molecule has 1 heterocycles. The molecule has 1 unspecified atom stereocenters. The van der Waals surface area contributed by atoms with Crippen molar-refractivity contribution in [2.75, 3.05) is 6.54 Å². The molecule has 0 amide bonds. The summed E-state index contributed by atoms with van der Waals surface area (Å²) in [6.07, 6.45) is 3.16. The number of hydrogen-bond acceptors (Lipinski definition) is 3. The third kappa shape index (κ3) is 3.14. The van der Waals surface area contributed by atoms with Gasteiger partial charge in [-0.05, 0) is 36.7 Å². The van der Waals surface area contributed by atoms with Crippen molar-refractivity contribution in [3.05, 3.63) is 53.5 Å². The summed E-state index contributed by atoms with van der Waals surface area (Å²) in [6.45, 7) is 5.44. The Kier molecular flexibility index (Phi) is 4.32. The van der Waals surface area contributed by atoms with E-state index >= 15 is 0 Å². The molecule has 0 radical (unpaired) electrons. The minimum Gasteiger partial charge on any atom is -0.309 e. The largest absolute Gasteiger partial charge is 0.309 e. The van der Waals surface area contributed by atoms with Crippen LogP contribution in [0.5, 0.6) is 0 Å². The highest BCUT2D eigenvalue weighted by atomic mass is 32.1. The third-order valence-corrected chi connectivity index (χ3v) is 4.88. The van der Waals surface area contributed by atoms with Crippen molar-refractivity contribution in [3.63, 3.8) is 0 Å².